The number of hydrogen-bond acceptors (Lipinski definition) is 4. The molecule has 1 aliphatic rings. The van der Waals surface area contributed by atoms with Gasteiger partial charge in [-0.15, -0.1) is 0 Å². The Morgan fingerprint density at radius 1 is 0.971 bits per heavy atom. The third kappa shape index (κ3) is 6.91. The van der Waals surface area contributed by atoms with Crippen molar-refractivity contribution in [1.29, 1.82) is 0 Å². The van der Waals surface area contributed by atoms with E-state index in [1.165, 1.54) is 11.1 Å². The van der Waals surface area contributed by atoms with E-state index in [1.807, 2.05) is 47.6 Å². The molecule has 0 radical (unpaired) electrons. The first kappa shape index (κ1) is 24.0. The van der Waals surface area contributed by atoms with Gasteiger partial charge in [0.25, 0.3) is 0 Å². The van der Waals surface area contributed by atoms with Crippen LogP contribution >= 0.6 is 0 Å². The van der Waals surface area contributed by atoms with Crippen LogP contribution in [-0.4, -0.2) is 53.5 Å². The van der Waals surface area contributed by atoms with E-state index in [4.69, 9.17) is 4.74 Å². The van der Waals surface area contributed by atoms with Crippen molar-refractivity contribution in [3.8, 4) is 5.75 Å². The Kier molecular flexibility index (Phi) is 8.69. The molecule has 0 saturated carbocycles. The molecule has 1 unspecified atom stereocenters. The topological polar surface area (TPSA) is 45.7 Å². The van der Waals surface area contributed by atoms with E-state index in [0.29, 0.717) is 25.0 Å². The predicted molar refractivity (Wildman–Crippen MR) is 135 cm³/mol. The van der Waals surface area contributed by atoms with Crippen molar-refractivity contribution in [3.05, 3.63) is 96.3 Å². The van der Waals surface area contributed by atoms with Gasteiger partial charge < -0.3 is 9.64 Å². The van der Waals surface area contributed by atoms with Gasteiger partial charge in [-0.25, -0.2) is 0 Å². The zero-order valence-corrected chi connectivity index (χ0v) is 20.1. The Labute approximate surface area is 203 Å². The lowest BCUT2D eigenvalue weighted by Crippen LogP contribution is -2.46. The number of piperidine rings is 1. The number of amides is 1. The summed E-state index contributed by atoms with van der Waals surface area (Å²) in [4.78, 5) is 21.4. The first-order valence-electron chi connectivity index (χ1n) is 12.3. The van der Waals surface area contributed by atoms with Crippen molar-refractivity contribution in [2.45, 2.75) is 38.3 Å². The smallest absolute Gasteiger partial charge is 0.225 e. The number of pyridine rings is 1. The van der Waals surface area contributed by atoms with Gasteiger partial charge in [-0.2, -0.15) is 0 Å². The number of likely N-dealkylation sites (N-methyl/N-ethyl adjacent to an activating group) is 1. The number of aromatic nitrogens is 1. The summed E-state index contributed by atoms with van der Waals surface area (Å²) in [6.45, 7) is 2.97. The number of ether oxygens (including phenoxy) is 1. The van der Waals surface area contributed by atoms with Crippen molar-refractivity contribution >= 4 is 5.91 Å². The molecule has 34 heavy (non-hydrogen) atoms. The summed E-state index contributed by atoms with van der Waals surface area (Å²) in [7, 11) is 2.23. The van der Waals surface area contributed by atoms with Gasteiger partial charge in [-0.05, 0) is 67.6 Å². The maximum atomic E-state index is 12.8. The summed E-state index contributed by atoms with van der Waals surface area (Å²) < 4.78 is 5.72. The maximum absolute atomic E-state index is 12.8. The summed E-state index contributed by atoms with van der Waals surface area (Å²) in [5.74, 6) is 1.56. The number of hydrogen-bond donors (Lipinski definition) is 0. The zero-order valence-electron chi connectivity index (χ0n) is 20.1. The highest BCUT2D eigenvalue weighted by Gasteiger charge is 2.30. The fraction of sp³-hybridized carbons (Fsp3) is 0.379. The van der Waals surface area contributed by atoms with Crippen molar-refractivity contribution in [1.82, 2.24) is 14.8 Å². The van der Waals surface area contributed by atoms with Crippen LogP contribution < -0.4 is 4.74 Å². The summed E-state index contributed by atoms with van der Waals surface area (Å²) in [5.41, 5.74) is 2.65. The highest BCUT2D eigenvalue weighted by atomic mass is 16.5. The van der Waals surface area contributed by atoms with Crippen LogP contribution in [0.4, 0.5) is 0 Å². The molecule has 1 fully saturated rings. The number of para-hydroxylation sites is 1. The number of nitrogens with zero attached hydrogens (tertiary/aromatic N) is 3. The van der Waals surface area contributed by atoms with Gasteiger partial charge >= 0.3 is 0 Å². The summed E-state index contributed by atoms with van der Waals surface area (Å²) >= 11 is 0. The highest BCUT2D eigenvalue weighted by Crippen LogP contribution is 2.27. The lowest BCUT2D eigenvalue weighted by molar-refractivity contribution is -0.133. The number of carbonyl (C=O) groups excluding carboxylic acids is 1. The Hall–Kier alpha value is -3.18. The average Bonchev–Trinajstić information content (AvgIpc) is 2.89. The Morgan fingerprint density at radius 2 is 1.62 bits per heavy atom. The van der Waals surface area contributed by atoms with Crippen molar-refractivity contribution < 1.29 is 9.53 Å². The van der Waals surface area contributed by atoms with Gasteiger partial charge in [0.2, 0.25) is 5.91 Å². The predicted octanol–water partition coefficient (Wildman–Crippen LogP) is 4.83. The molecule has 1 aliphatic heterocycles. The molecular formula is C29H35N3O2. The Bertz CT molecular complexity index is 990. The fourth-order valence-electron chi connectivity index (χ4n) is 4.90. The standard InChI is InChI=1S/C29H35N3O2/c1-31(23-25-12-17-30-18-13-25)28(22-24-8-4-2-5-9-24)26-14-19-32(20-15-26)29(33)16-21-34-27-10-6-3-7-11-27/h2-13,17-18,26,28H,14-16,19-23H2,1H3. The van der Waals surface area contributed by atoms with Crippen LogP contribution in [-0.2, 0) is 17.8 Å². The minimum absolute atomic E-state index is 0.194. The molecule has 1 saturated heterocycles. The second kappa shape index (κ2) is 12.3. The van der Waals surface area contributed by atoms with Gasteiger partial charge in [-0.1, -0.05) is 48.5 Å². The van der Waals surface area contributed by atoms with Crippen LogP contribution in [0.15, 0.2) is 85.2 Å². The van der Waals surface area contributed by atoms with E-state index in [-0.39, 0.29) is 5.91 Å². The van der Waals surface area contributed by atoms with Crippen molar-refractivity contribution in [2.75, 3.05) is 26.7 Å². The van der Waals surface area contributed by atoms with Gasteiger partial charge in [0.05, 0.1) is 13.0 Å². The Morgan fingerprint density at radius 3 is 2.29 bits per heavy atom. The molecule has 0 aliphatic carbocycles. The van der Waals surface area contributed by atoms with Crippen molar-refractivity contribution in [3.63, 3.8) is 0 Å². The molecular weight excluding hydrogens is 422 g/mol. The molecule has 0 bridgehead atoms. The normalized spacial score (nSPS) is 15.3. The van der Waals surface area contributed by atoms with Gasteiger partial charge in [0, 0.05) is 38.1 Å². The summed E-state index contributed by atoms with van der Waals surface area (Å²) in [5, 5.41) is 0. The van der Waals surface area contributed by atoms with E-state index in [0.717, 1.165) is 44.6 Å². The first-order valence-corrected chi connectivity index (χ1v) is 12.3. The molecule has 5 nitrogen and oxygen atoms in total. The van der Waals surface area contributed by atoms with Gasteiger partial charge in [0.1, 0.15) is 5.75 Å². The molecule has 1 amide bonds. The second-order valence-electron chi connectivity index (χ2n) is 9.16. The van der Waals surface area contributed by atoms with E-state index in [1.54, 1.807) is 0 Å². The van der Waals surface area contributed by atoms with Crippen LogP contribution in [0.5, 0.6) is 5.75 Å². The number of carbonyl (C=O) groups is 1. The highest BCUT2D eigenvalue weighted by molar-refractivity contribution is 5.76. The largest absolute Gasteiger partial charge is 0.493 e. The molecule has 0 N–H and O–H groups in total. The lowest BCUT2D eigenvalue weighted by Gasteiger charge is -2.40. The average molecular weight is 458 g/mol. The lowest BCUT2D eigenvalue weighted by atomic mass is 9.84. The van der Waals surface area contributed by atoms with Gasteiger partial charge in [0.15, 0.2) is 0 Å². The minimum atomic E-state index is 0.194. The number of benzene rings is 2. The number of likely N-dealkylation sites (tertiary alicyclic amines) is 1. The molecule has 1 aromatic heterocycles. The third-order valence-corrected chi connectivity index (χ3v) is 6.80. The van der Waals surface area contributed by atoms with Crippen LogP contribution in [0.1, 0.15) is 30.4 Å². The van der Waals surface area contributed by atoms with Gasteiger partial charge in [-0.3, -0.25) is 14.7 Å². The van der Waals surface area contributed by atoms with E-state index >= 15 is 0 Å². The minimum Gasteiger partial charge on any atom is -0.493 e. The third-order valence-electron chi connectivity index (χ3n) is 6.80. The molecule has 0 spiro atoms. The molecule has 3 aromatic rings. The van der Waals surface area contributed by atoms with Crippen LogP contribution in [0.25, 0.3) is 0 Å². The second-order valence-corrected chi connectivity index (χ2v) is 9.16. The van der Waals surface area contributed by atoms with E-state index in [2.05, 4.69) is 59.4 Å². The quantitative estimate of drug-likeness (QED) is 0.437. The molecule has 5 heteroatoms. The van der Waals surface area contributed by atoms with Crippen LogP contribution in [0.2, 0.25) is 0 Å². The van der Waals surface area contributed by atoms with E-state index < -0.39 is 0 Å². The summed E-state index contributed by atoms with van der Waals surface area (Å²) in [6.07, 6.45) is 7.23. The zero-order chi connectivity index (χ0) is 23.6. The summed E-state index contributed by atoms with van der Waals surface area (Å²) in [6, 6.07) is 25.1. The molecule has 2 aromatic carbocycles. The van der Waals surface area contributed by atoms with Crippen LogP contribution in [0.3, 0.4) is 0 Å². The fourth-order valence-corrected chi connectivity index (χ4v) is 4.90. The van der Waals surface area contributed by atoms with E-state index in [9.17, 15) is 4.79 Å². The molecule has 178 valence electrons. The monoisotopic (exact) mass is 457 g/mol. The SMILES string of the molecule is CN(Cc1ccncc1)C(Cc1ccccc1)C1CCN(C(=O)CCOc2ccccc2)CC1. The van der Waals surface area contributed by atoms with Crippen LogP contribution in [0, 0.1) is 5.92 Å². The maximum Gasteiger partial charge on any atom is 0.225 e. The van der Waals surface area contributed by atoms with Crippen molar-refractivity contribution in [2.24, 2.45) is 5.92 Å². The molecule has 2 heterocycles. The Balaban J connectivity index is 1.32. The number of rotatable bonds is 10. The first-order chi connectivity index (χ1) is 16.7. The molecule has 1 atom stereocenters. The molecule has 4 rings (SSSR count).